The largest absolute Gasteiger partial charge is 0.481 e. The molecular weight excluding hydrogens is 252 g/mol. The Kier molecular flexibility index (Phi) is 4.06. The van der Waals surface area contributed by atoms with Gasteiger partial charge in [0.05, 0.1) is 5.92 Å². The summed E-state index contributed by atoms with van der Waals surface area (Å²) in [6.45, 7) is 1.76. The van der Waals surface area contributed by atoms with Crippen molar-refractivity contribution in [1.82, 2.24) is 9.97 Å². The van der Waals surface area contributed by atoms with E-state index in [9.17, 15) is 14.7 Å². The molecule has 0 aliphatic heterocycles. The normalized spacial score (nSPS) is 23.8. The van der Waals surface area contributed by atoms with E-state index >= 15 is 0 Å². The van der Waals surface area contributed by atoms with Crippen LogP contribution in [-0.4, -0.2) is 26.3 Å². The molecule has 2 rings (SSSR count). The summed E-state index contributed by atoms with van der Waals surface area (Å²) in [6, 6.07) is 1.43. The van der Waals surface area contributed by atoms with Gasteiger partial charge in [-0.3, -0.25) is 9.59 Å². The number of hydrogen-bond donors (Lipinski definition) is 2. The molecule has 0 radical (unpaired) electrons. The molecule has 0 saturated heterocycles. The molecule has 1 heterocycles. The van der Waals surface area contributed by atoms with Gasteiger partial charge in [-0.1, -0.05) is 24.6 Å². The maximum Gasteiger partial charge on any atom is 0.307 e. The van der Waals surface area contributed by atoms with Crippen molar-refractivity contribution in [2.75, 3.05) is 0 Å². The van der Waals surface area contributed by atoms with Crippen molar-refractivity contribution in [2.45, 2.75) is 43.0 Å². The second-order valence-corrected chi connectivity index (χ2v) is 5.81. The summed E-state index contributed by atoms with van der Waals surface area (Å²) in [7, 11) is 0. The molecule has 2 N–H and O–H groups in total. The summed E-state index contributed by atoms with van der Waals surface area (Å²) >= 11 is 1.38. The molecular formula is C12H16N2O3S. The maximum absolute atomic E-state index is 11.3. The maximum atomic E-state index is 11.3. The Morgan fingerprint density at radius 2 is 2.22 bits per heavy atom. The quantitative estimate of drug-likeness (QED) is 0.817. The van der Waals surface area contributed by atoms with E-state index < -0.39 is 5.97 Å². The molecule has 18 heavy (non-hydrogen) atoms. The van der Waals surface area contributed by atoms with Crippen LogP contribution >= 0.6 is 11.8 Å². The standard InChI is InChI=1S/C12H16N2O3S/c1-7-6-10(15)14-12(13-7)18-9-5-3-2-4-8(9)11(16)17/h6,8-9H,2-5H2,1H3,(H,16,17)(H,13,14,15). The van der Waals surface area contributed by atoms with E-state index in [0.29, 0.717) is 17.3 Å². The highest BCUT2D eigenvalue weighted by molar-refractivity contribution is 7.99. The lowest BCUT2D eigenvalue weighted by molar-refractivity contribution is -0.142. The highest BCUT2D eigenvalue weighted by atomic mass is 32.2. The molecule has 2 unspecified atom stereocenters. The lowest BCUT2D eigenvalue weighted by atomic mass is 9.89. The summed E-state index contributed by atoms with van der Waals surface area (Å²) in [6.07, 6.45) is 3.58. The minimum atomic E-state index is -0.748. The molecule has 1 aromatic heterocycles. The molecule has 1 aliphatic rings. The molecule has 2 atom stereocenters. The van der Waals surface area contributed by atoms with Crippen LogP contribution < -0.4 is 5.56 Å². The molecule has 0 spiro atoms. The predicted molar refractivity (Wildman–Crippen MR) is 68.8 cm³/mol. The number of nitrogens with one attached hydrogen (secondary N) is 1. The topological polar surface area (TPSA) is 83.0 Å². The first-order valence-corrected chi connectivity index (χ1v) is 6.91. The van der Waals surface area contributed by atoms with Crippen LogP contribution in [0.4, 0.5) is 0 Å². The number of carboxylic acids is 1. The van der Waals surface area contributed by atoms with Crippen LogP contribution in [0, 0.1) is 12.8 Å². The van der Waals surface area contributed by atoms with E-state index in [1.807, 2.05) is 0 Å². The van der Waals surface area contributed by atoms with Crippen molar-refractivity contribution in [3.63, 3.8) is 0 Å². The molecule has 1 saturated carbocycles. The first-order chi connectivity index (χ1) is 8.56. The summed E-state index contributed by atoms with van der Waals surface area (Å²) in [5.41, 5.74) is 0.469. The fraction of sp³-hybridized carbons (Fsp3) is 0.583. The molecule has 0 aromatic carbocycles. The van der Waals surface area contributed by atoms with Crippen LogP contribution in [0.1, 0.15) is 31.4 Å². The van der Waals surface area contributed by atoms with Gasteiger partial charge in [0.25, 0.3) is 5.56 Å². The van der Waals surface area contributed by atoms with Gasteiger partial charge in [-0.2, -0.15) is 0 Å². The van der Waals surface area contributed by atoms with Gasteiger partial charge in [0, 0.05) is 17.0 Å². The van der Waals surface area contributed by atoms with Crippen molar-refractivity contribution in [3.05, 3.63) is 22.1 Å². The number of H-pyrrole nitrogens is 1. The minimum absolute atomic E-state index is 0.00111. The number of aromatic nitrogens is 2. The zero-order chi connectivity index (χ0) is 13.1. The zero-order valence-corrected chi connectivity index (χ0v) is 11.0. The smallest absolute Gasteiger partial charge is 0.307 e. The fourth-order valence-corrected chi connectivity index (χ4v) is 3.62. The highest BCUT2D eigenvalue weighted by Crippen LogP contribution is 2.36. The average Bonchev–Trinajstić information content (AvgIpc) is 2.27. The molecule has 0 bridgehead atoms. The van der Waals surface area contributed by atoms with E-state index in [2.05, 4.69) is 9.97 Å². The van der Waals surface area contributed by atoms with Gasteiger partial charge in [0.1, 0.15) is 0 Å². The van der Waals surface area contributed by atoms with Gasteiger partial charge in [-0.05, 0) is 19.8 Å². The van der Waals surface area contributed by atoms with Gasteiger partial charge < -0.3 is 10.1 Å². The Hall–Kier alpha value is -1.30. The third-order valence-corrected chi connectivity index (χ3v) is 4.41. The van der Waals surface area contributed by atoms with E-state index in [0.717, 1.165) is 19.3 Å². The minimum Gasteiger partial charge on any atom is -0.481 e. The van der Waals surface area contributed by atoms with Crippen molar-refractivity contribution in [1.29, 1.82) is 0 Å². The number of hydrogen-bond acceptors (Lipinski definition) is 4. The molecule has 6 heteroatoms. The third-order valence-electron chi connectivity index (χ3n) is 3.13. The Bertz CT molecular complexity index is 500. The van der Waals surface area contributed by atoms with Crippen LogP contribution in [0.15, 0.2) is 16.0 Å². The number of carbonyl (C=O) groups is 1. The third kappa shape index (κ3) is 3.13. The molecule has 1 aromatic rings. The van der Waals surface area contributed by atoms with Crippen LogP contribution in [0.5, 0.6) is 0 Å². The van der Waals surface area contributed by atoms with Crippen molar-refractivity contribution < 1.29 is 9.90 Å². The second-order valence-electron chi connectivity index (χ2n) is 4.58. The van der Waals surface area contributed by atoms with Crippen LogP contribution in [0.2, 0.25) is 0 Å². The van der Waals surface area contributed by atoms with Gasteiger partial charge in [0.15, 0.2) is 5.16 Å². The Morgan fingerprint density at radius 3 is 2.89 bits per heavy atom. The van der Waals surface area contributed by atoms with Crippen LogP contribution in [-0.2, 0) is 4.79 Å². The summed E-state index contributed by atoms with van der Waals surface area (Å²) in [4.78, 5) is 29.4. The molecule has 98 valence electrons. The number of nitrogens with zero attached hydrogens (tertiary/aromatic N) is 1. The van der Waals surface area contributed by atoms with Crippen LogP contribution in [0.3, 0.4) is 0 Å². The fourth-order valence-electron chi connectivity index (χ4n) is 2.27. The predicted octanol–water partition coefficient (Wildman–Crippen LogP) is 1.81. The van der Waals surface area contributed by atoms with E-state index in [1.165, 1.54) is 17.8 Å². The number of thioether (sulfide) groups is 1. The first-order valence-electron chi connectivity index (χ1n) is 6.03. The number of rotatable bonds is 3. The SMILES string of the molecule is Cc1cc(=O)[nH]c(SC2CCCCC2C(=O)O)n1. The lowest BCUT2D eigenvalue weighted by Crippen LogP contribution is -2.29. The molecule has 1 fully saturated rings. The molecule has 0 amide bonds. The van der Waals surface area contributed by atoms with Crippen molar-refractivity contribution in [3.8, 4) is 0 Å². The monoisotopic (exact) mass is 268 g/mol. The Balaban J connectivity index is 2.15. The van der Waals surface area contributed by atoms with E-state index in [-0.39, 0.29) is 16.7 Å². The summed E-state index contributed by atoms with van der Waals surface area (Å²) in [5, 5.41) is 9.72. The van der Waals surface area contributed by atoms with Gasteiger partial charge >= 0.3 is 5.97 Å². The van der Waals surface area contributed by atoms with Gasteiger partial charge in [-0.25, -0.2) is 4.98 Å². The zero-order valence-electron chi connectivity index (χ0n) is 10.2. The number of carboxylic acid groups (broad SMARTS) is 1. The number of aliphatic carboxylic acids is 1. The Morgan fingerprint density at radius 1 is 1.50 bits per heavy atom. The molecule has 5 nitrogen and oxygen atoms in total. The van der Waals surface area contributed by atoms with Crippen molar-refractivity contribution >= 4 is 17.7 Å². The highest BCUT2D eigenvalue weighted by Gasteiger charge is 2.32. The van der Waals surface area contributed by atoms with E-state index in [4.69, 9.17) is 0 Å². The Labute approximate surface area is 109 Å². The van der Waals surface area contributed by atoms with Crippen LogP contribution in [0.25, 0.3) is 0 Å². The van der Waals surface area contributed by atoms with E-state index in [1.54, 1.807) is 6.92 Å². The molecule has 1 aliphatic carbocycles. The van der Waals surface area contributed by atoms with Gasteiger partial charge in [-0.15, -0.1) is 0 Å². The number of aryl methyl sites for hydroxylation is 1. The van der Waals surface area contributed by atoms with Gasteiger partial charge in [0.2, 0.25) is 0 Å². The second kappa shape index (κ2) is 5.56. The van der Waals surface area contributed by atoms with Crippen molar-refractivity contribution in [2.24, 2.45) is 5.92 Å². The summed E-state index contributed by atoms with van der Waals surface area (Å²) < 4.78 is 0. The average molecular weight is 268 g/mol. The number of aromatic amines is 1. The first kappa shape index (κ1) is 13.1. The summed E-state index contributed by atoms with van der Waals surface area (Å²) in [5.74, 6) is -1.09. The lowest BCUT2D eigenvalue weighted by Gasteiger charge is -2.27.